The summed E-state index contributed by atoms with van der Waals surface area (Å²) in [5.41, 5.74) is 1.49. The average molecular weight is 434 g/mol. The van der Waals surface area contributed by atoms with E-state index in [1.165, 1.54) is 28.6 Å². The van der Waals surface area contributed by atoms with Gasteiger partial charge >= 0.3 is 0 Å². The number of sulfonamides is 1. The molecule has 152 valence electrons. The molecule has 0 unspecified atom stereocenters. The topological polar surface area (TPSA) is 92.5 Å². The van der Waals surface area contributed by atoms with Crippen LogP contribution in [0.3, 0.4) is 0 Å². The van der Waals surface area contributed by atoms with Gasteiger partial charge in [0.2, 0.25) is 15.8 Å². The maximum Gasteiger partial charge on any atom is 0.294 e. The molecule has 0 aliphatic rings. The summed E-state index contributed by atoms with van der Waals surface area (Å²) in [6.07, 6.45) is 0. The third-order valence-corrected chi connectivity index (χ3v) is 6.71. The Labute approximate surface area is 174 Å². The van der Waals surface area contributed by atoms with Gasteiger partial charge in [0.25, 0.3) is 5.91 Å². The predicted octanol–water partition coefficient (Wildman–Crippen LogP) is 4.28. The summed E-state index contributed by atoms with van der Waals surface area (Å²) in [5, 5.41) is 6.70. The number of benzene rings is 2. The number of amides is 1. The van der Waals surface area contributed by atoms with E-state index in [-0.39, 0.29) is 21.4 Å². The zero-order valence-electron chi connectivity index (χ0n) is 15.9. The van der Waals surface area contributed by atoms with Crippen LogP contribution in [0.25, 0.3) is 11.3 Å². The average Bonchev–Trinajstić information content (AvgIpc) is 3.21. The second-order valence-corrected chi connectivity index (χ2v) is 8.47. The first-order chi connectivity index (χ1) is 13.9. The van der Waals surface area contributed by atoms with Gasteiger partial charge in [-0.2, -0.15) is 4.31 Å². The first-order valence-electron chi connectivity index (χ1n) is 9.00. The summed E-state index contributed by atoms with van der Waals surface area (Å²) < 4.78 is 31.9. The van der Waals surface area contributed by atoms with Gasteiger partial charge in [0, 0.05) is 24.7 Å². The van der Waals surface area contributed by atoms with Gasteiger partial charge in [0.05, 0.1) is 15.6 Å². The van der Waals surface area contributed by atoms with E-state index in [4.69, 9.17) is 16.1 Å². The van der Waals surface area contributed by atoms with Crippen molar-refractivity contribution in [2.24, 2.45) is 0 Å². The van der Waals surface area contributed by atoms with Crippen LogP contribution in [-0.4, -0.2) is 36.9 Å². The number of hydrogen-bond acceptors (Lipinski definition) is 5. The van der Waals surface area contributed by atoms with Crippen LogP contribution in [0.4, 0.5) is 5.69 Å². The van der Waals surface area contributed by atoms with E-state index >= 15 is 0 Å². The lowest BCUT2D eigenvalue weighted by Crippen LogP contribution is -2.30. The van der Waals surface area contributed by atoms with E-state index in [1.54, 1.807) is 13.8 Å². The van der Waals surface area contributed by atoms with E-state index in [0.29, 0.717) is 18.8 Å². The van der Waals surface area contributed by atoms with Crippen LogP contribution in [0.1, 0.15) is 24.4 Å². The molecule has 0 fully saturated rings. The number of rotatable bonds is 7. The number of aromatic nitrogens is 1. The van der Waals surface area contributed by atoms with Gasteiger partial charge in [-0.15, -0.1) is 0 Å². The molecule has 29 heavy (non-hydrogen) atoms. The van der Waals surface area contributed by atoms with Crippen molar-refractivity contribution in [1.82, 2.24) is 9.46 Å². The molecule has 1 N–H and O–H groups in total. The zero-order chi connectivity index (χ0) is 21.0. The van der Waals surface area contributed by atoms with E-state index in [1.807, 2.05) is 30.3 Å². The van der Waals surface area contributed by atoms with Crippen molar-refractivity contribution in [3.8, 4) is 11.3 Å². The molecule has 1 aromatic heterocycles. The second kappa shape index (κ2) is 8.77. The molecular formula is C20H20ClN3O4S. The minimum absolute atomic E-state index is 0.0167. The fourth-order valence-corrected chi connectivity index (χ4v) is 4.43. The number of nitrogens with one attached hydrogen (secondary N) is 1. The molecule has 3 aromatic rings. The predicted molar refractivity (Wildman–Crippen MR) is 111 cm³/mol. The Morgan fingerprint density at radius 3 is 2.45 bits per heavy atom. The van der Waals surface area contributed by atoms with Crippen molar-refractivity contribution in [1.29, 1.82) is 0 Å². The summed E-state index contributed by atoms with van der Waals surface area (Å²) in [7, 11) is -3.69. The number of hydrogen-bond donors (Lipinski definition) is 1. The van der Waals surface area contributed by atoms with Gasteiger partial charge in [-0.25, -0.2) is 8.42 Å². The van der Waals surface area contributed by atoms with Crippen molar-refractivity contribution in [2.45, 2.75) is 18.7 Å². The normalized spacial score (nSPS) is 11.6. The van der Waals surface area contributed by atoms with Crippen LogP contribution in [-0.2, 0) is 10.0 Å². The third kappa shape index (κ3) is 4.50. The van der Waals surface area contributed by atoms with Crippen molar-refractivity contribution in [3.63, 3.8) is 0 Å². The van der Waals surface area contributed by atoms with E-state index in [0.717, 1.165) is 5.56 Å². The molecule has 0 atom stereocenters. The van der Waals surface area contributed by atoms with Crippen LogP contribution in [0.15, 0.2) is 64.0 Å². The maximum absolute atomic E-state index is 12.7. The first-order valence-corrected chi connectivity index (χ1v) is 10.8. The Morgan fingerprint density at radius 2 is 1.79 bits per heavy atom. The van der Waals surface area contributed by atoms with Crippen LogP contribution >= 0.6 is 11.6 Å². The molecule has 0 radical (unpaired) electrons. The number of carbonyl (C=O) groups excluding carboxylic acids is 1. The van der Waals surface area contributed by atoms with E-state index < -0.39 is 15.9 Å². The molecule has 1 heterocycles. The molecular weight excluding hydrogens is 414 g/mol. The lowest BCUT2D eigenvalue weighted by molar-refractivity contribution is 0.0988. The highest BCUT2D eigenvalue weighted by Crippen LogP contribution is 2.28. The molecule has 1 amide bonds. The standard InChI is InChI=1S/C20H20ClN3O4S/c1-3-24(4-2)29(26,27)15-10-11-16(21)18(12-15)22-20(25)19-13-17(23-28-19)14-8-6-5-7-9-14/h5-13H,3-4H2,1-2H3,(H,22,25). The Bertz CT molecular complexity index is 1110. The van der Waals surface area contributed by atoms with Crippen molar-refractivity contribution in [2.75, 3.05) is 18.4 Å². The van der Waals surface area contributed by atoms with Crippen LogP contribution in [0.2, 0.25) is 5.02 Å². The SMILES string of the molecule is CCN(CC)S(=O)(=O)c1ccc(Cl)c(NC(=O)c2cc(-c3ccccc3)no2)c1. The summed E-state index contributed by atoms with van der Waals surface area (Å²) in [6, 6.07) is 15.0. The summed E-state index contributed by atoms with van der Waals surface area (Å²) in [4.78, 5) is 12.6. The molecule has 7 nitrogen and oxygen atoms in total. The van der Waals surface area contributed by atoms with Crippen molar-refractivity contribution < 1.29 is 17.7 Å². The zero-order valence-corrected chi connectivity index (χ0v) is 17.5. The summed E-state index contributed by atoms with van der Waals surface area (Å²) >= 11 is 6.16. The van der Waals surface area contributed by atoms with Gasteiger partial charge in [-0.1, -0.05) is 60.9 Å². The van der Waals surface area contributed by atoms with Gasteiger partial charge in [-0.05, 0) is 18.2 Å². The first kappa shape index (κ1) is 21.0. The third-order valence-electron chi connectivity index (χ3n) is 4.33. The monoisotopic (exact) mass is 433 g/mol. The smallest absolute Gasteiger partial charge is 0.294 e. The van der Waals surface area contributed by atoms with E-state index in [9.17, 15) is 13.2 Å². The number of anilines is 1. The lowest BCUT2D eigenvalue weighted by Gasteiger charge is -2.19. The molecule has 0 aliphatic heterocycles. The number of nitrogens with zero attached hydrogens (tertiary/aromatic N) is 2. The van der Waals surface area contributed by atoms with Crippen molar-refractivity contribution in [3.05, 3.63) is 65.4 Å². The lowest BCUT2D eigenvalue weighted by atomic mass is 10.1. The van der Waals surface area contributed by atoms with Gasteiger partial charge in [0.15, 0.2) is 0 Å². The maximum atomic E-state index is 12.7. The Balaban J connectivity index is 1.85. The number of halogens is 1. The molecule has 0 aliphatic carbocycles. The molecule has 0 spiro atoms. The van der Waals surface area contributed by atoms with Crippen LogP contribution in [0.5, 0.6) is 0 Å². The number of carbonyl (C=O) groups is 1. The van der Waals surface area contributed by atoms with Gasteiger partial charge in [-0.3, -0.25) is 4.79 Å². The fourth-order valence-electron chi connectivity index (χ4n) is 2.78. The highest BCUT2D eigenvalue weighted by atomic mass is 35.5. The largest absolute Gasteiger partial charge is 0.350 e. The Hall–Kier alpha value is -2.68. The second-order valence-electron chi connectivity index (χ2n) is 6.13. The Kier molecular flexibility index (Phi) is 6.36. The highest BCUT2D eigenvalue weighted by Gasteiger charge is 2.23. The van der Waals surface area contributed by atoms with Crippen molar-refractivity contribution >= 4 is 33.2 Å². The molecule has 0 bridgehead atoms. The van der Waals surface area contributed by atoms with Crippen LogP contribution < -0.4 is 5.32 Å². The van der Waals surface area contributed by atoms with Gasteiger partial charge in [0.1, 0.15) is 5.69 Å². The quantitative estimate of drug-likeness (QED) is 0.600. The molecule has 0 saturated carbocycles. The minimum Gasteiger partial charge on any atom is -0.350 e. The molecule has 3 rings (SSSR count). The molecule has 0 saturated heterocycles. The highest BCUT2D eigenvalue weighted by molar-refractivity contribution is 7.89. The van der Waals surface area contributed by atoms with Crippen LogP contribution in [0, 0.1) is 0 Å². The fraction of sp³-hybridized carbons (Fsp3) is 0.200. The summed E-state index contributed by atoms with van der Waals surface area (Å²) in [6.45, 7) is 4.19. The molecule has 2 aromatic carbocycles. The van der Waals surface area contributed by atoms with E-state index in [2.05, 4.69) is 10.5 Å². The Morgan fingerprint density at radius 1 is 1.10 bits per heavy atom. The molecule has 9 heteroatoms. The minimum atomic E-state index is -3.69. The summed E-state index contributed by atoms with van der Waals surface area (Å²) in [5.74, 6) is -0.601. The van der Waals surface area contributed by atoms with Gasteiger partial charge < -0.3 is 9.84 Å².